The van der Waals surface area contributed by atoms with Crippen molar-refractivity contribution in [2.45, 2.75) is 25.8 Å². The standard InChI is InChI=1S/C18H20N4O3/c1-3-12(8-11-9-20-15-7-5-4-6-13(11)15)19-10-14-16(23)21-18(25)22(2)17(14)24/h4-7,9-10,12,20,24H,3,8H2,1-2H3,(H,21,23,25). The normalized spacial score (nSPS) is 12.9. The minimum atomic E-state index is -0.662. The first kappa shape index (κ1) is 16.8. The summed E-state index contributed by atoms with van der Waals surface area (Å²) < 4.78 is 0.976. The maximum absolute atomic E-state index is 11.9. The molecular formula is C18H20N4O3. The van der Waals surface area contributed by atoms with Gasteiger partial charge in [0, 0.05) is 30.4 Å². The molecule has 0 bridgehead atoms. The van der Waals surface area contributed by atoms with Crippen molar-refractivity contribution in [2.24, 2.45) is 12.0 Å². The molecule has 0 fully saturated rings. The molecule has 0 saturated heterocycles. The molecule has 7 heteroatoms. The summed E-state index contributed by atoms with van der Waals surface area (Å²) >= 11 is 0. The van der Waals surface area contributed by atoms with Gasteiger partial charge in [0.2, 0.25) is 5.88 Å². The Labute approximate surface area is 143 Å². The molecule has 3 aromatic rings. The van der Waals surface area contributed by atoms with E-state index in [1.54, 1.807) is 0 Å². The number of rotatable bonds is 5. The molecular weight excluding hydrogens is 320 g/mol. The van der Waals surface area contributed by atoms with Gasteiger partial charge in [0.25, 0.3) is 5.56 Å². The van der Waals surface area contributed by atoms with Crippen LogP contribution in [-0.2, 0) is 13.5 Å². The summed E-state index contributed by atoms with van der Waals surface area (Å²) in [7, 11) is 1.38. The molecule has 0 spiro atoms. The number of benzene rings is 1. The topological polar surface area (TPSA) is 103 Å². The molecule has 0 saturated carbocycles. The number of aromatic nitrogens is 3. The van der Waals surface area contributed by atoms with Crippen molar-refractivity contribution in [3.63, 3.8) is 0 Å². The number of nitrogens with one attached hydrogen (secondary N) is 2. The van der Waals surface area contributed by atoms with Gasteiger partial charge in [0.15, 0.2) is 0 Å². The van der Waals surface area contributed by atoms with Gasteiger partial charge in [-0.25, -0.2) is 4.79 Å². The highest BCUT2D eigenvalue weighted by Crippen LogP contribution is 2.20. The van der Waals surface area contributed by atoms with E-state index in [-0.39, 0.29) is 17.5 Å². The van der Waals surface area contributed by atoms with E-state index in [1.165, 1.54) is 13.3 Å². The van der Waals surface area contributed by atoms with Crippen LogP contribution in [0, 0.1) is 0 Å². The Hall–Kier alpha value is -3.09. The van der Waals surface area contributed by atoms with Crippen LogP contribution in [0.4, 0.5) is 0 Å². The lowest BCUT2D eigenvalue weighted by atomic mass is 10.0. The highest BCUT2D eigenvalue weighted by molar-refractivity contribution is 5.83. The van der Waals surface area contributed by atoms with Gasteiger partial charge in [0.05, 0.1) is 6.04 Å². The average molecular weight is 340 g/mol. The van der Waals surface area contributed by atoms with Gasteiger partial charge in [-0.2, -0.15) is 0 Å². The van der Waals surface area contributed by atoms with Crippen LogP contribution in [0.3, 0.4) is 0 Å². The Morgan fingerprint density at radius 2 is 2.08 bits per heavy atom. The van der Waals surface area contributed by atoms with E-state index in [0.29, 0.717) is 6.42 Å². The summed E-state index contributed by atoms with van der Waals surface area (Å²) in [4.78, 5) is 33.2. The van der Waals surface area contributed by atoms with Crippen LogP contribution < -0.4 is 11.2 Å². The number of aromatic hydroxyl groups is 1. The predicted molar refractivity (Wildman–Crippen MR) is 97.6 cm³/mol. The molecule has 1 unspecified atom stereocenters. The predicted octanol–water partition coefficient (Wildman–Crippen LogP) is 1.70. The van der Waals surface area contributed by atoms with Crippen molar-refractivity contribution in [3.05, 3.63) is 62.4 Å². The van der Waals surface area contributed by atoms with Gasteiger partial charge < -0.3 is 10.1 Å². The van der Waals surface area contributed by atoms with Gasteiger partial charge in [-0.3, -0.25) is 19.3 Å². The Morgan fingerprint density at radius 3 is 2.84 bits per heavy atom. The van der Waals surface area contributed by atoms with Crippen LogP contribution in [0.25, 0.3) is 10.9 Å². The van der Waals surface area contributed by atoms with Crippen LogP contribution in [0.5, 0.6) is 5.88 Å². The third-order valence-corrected chi connectivity index (χ3v) is 4.34. The van der Waals surface area contributed by atoms with Crippen LogP contribution >= 0.6 is 0 Å². The summed E-state index contributed by atoms with van der Waals surface area (Å²) in [5, 5.41) is 11.1. The van der Waals surface area contributed by atoms with Crippen LogP contribution in [0.15, 0.2) is 45.0 Å². The van der Waals surface area contributed by atoms with Crippen LogP contribution in [0.1, 0.15) is 24.5 Å². The fourth-order valence-electron chi connectivity index (χ4n) is 2.78. The number of nitrogens with zero attached hydrogens (tertiary/aromatic N) is 2. The zero-order chi connectivity index (χ0) is 18.0. The average Bonchev–Trinajstić information content (AvgIpc) is 3.01. The number of hydrogen-bond donors (Lipinski definition) is 3. The van der Waals surface area contributed by atoms with Gasteiger partial charge in [0.1, 0.15) is 5.56 Å². The highest BCUT2D eigenvalue weighted by atomic mass is 16.3. The molecule has 2 aromatic heterocycles. The van der Waals surface area contributed by atoms with Crippen molar-refractivity contribution < 1.29 is 5.11 Å². The minimum absolute atomic E-state index is 0.0144. The fraction of sp³-hybridized carbons (Fsp3) is 0.278. The molecule has 1 atom stereocenters. The molecule has 3 rings (SSSR count). The number of para-hydroxylation sites is 1. The van der Waals surface area contributed by atoms with E-state index >= 15 is 0 Å². The summed E-state index contributed by atoms with van der Waals surface area (Å²) in [6.07, 6.45) is 4.80. The Kier molecular flexibility index (Phi) is 4.56. The van der Waals surface area contributed by atoms with Gasteiger partial charge in [-0.1, -0.05) is 25.1 Å². The highest BCUT2D eigenvalue weighted by Gasteiger charge is 2.12. The molecule has 7 nitrogen and oxygen atoms in total. The summed E-state index contributed by atoms with van der Waals surface area (Å²) in [6, 6.07) is 8.00. The smallest absolute Gasteiger partial charge is 0.330 e. The van der Waals surface area contributed by atoms with E-state index in [0.717, 1.165) is 27.5 Å². The molecule has 2 heterocycles. The monoisotopic (exact) mass is 340 g/mol. The van der Waals surface area contributed by atoms with Crippen molar-refractivity contribution >= 4 is 17.1 Å². The number of fused-ring (bicyclic) bond motifs is 1. The lowest BCUT2D eigenvalue weighted by molar-refractivity contribution is 0.417. The minimum Gasteiger partial charge on any atom is -0.494 e. The molecule has 0 aliphatic heterocycles. The fourth-order valence-corrected chi connectivity index (χ4v) is 2.78. The zero-order valence-electron chi connectivity index (χ0n) is 14.1. The maximum atomic E-state index is 11.9. The van der Waals surface area contributed by atoms with Crippen molar-refractivity contribution in [1.82, 2.24) is 14.5 Å². The van der Waals surface area contributed by atoms with E-state index in [2.05, 4.69) is 21.0 Å². The van der Waals surface area contributed by atoms with Crippen LogP contribution in [-0.4, -0.2) is 31.9 Å². The second-order valence-electron chi connectivity index (χ2n) is 5.96. The van der Waals surface area contributed by atoms with Crippen molar-refractivity contribution in [3.8, 4) is 5.88 Å². The van der Waals surface area contributed by atoms with E-state index in [4.69, 9.17) is 0 Å². The zero-order valence-corrected chi connectivity index (χ0v) is 14.1. The summed E-state index contributed by atoms with van der Waals surface area (Å²) in [5.41, 5.74) is 0.901. The molecule has 0 aliphatic rings. The molecule has 25 heavy (non-hydrogen) atoms. The number of aromatic amines is 2. The molecule has 0 aliphatic carbocycles. The Bertz CT molecular complexity index is 1040. The van der Waals surface area contributed by atoms with Crippen LogP contribution in [0.2, 0.25) is 0 Å². The number of H-pyrrole nitrogens is 2. The first-order chi connectivity index (χ1) is 12.0. The number of hydrogen-bond acceptors (Lipinski definition) is 4. The molecule has 3 N–H and O–H groups in total. The second kappa shape index (κ2) is 6.80. The first-order valence-corrected chi connectivity index (χ1v) is 8.11. The Morgan fingerprint density at radius 1 is 1.32 bits per heavy atom. The largest absolute Gasteiger partial charge is 0.494 e. The van der Waals surface area contributed by atoms with E-state index < -0.39 is 11.2 Å². The van der Waals surface area contributed by atoms with Gasteiger partial charge >= 0.3 is 5.69 Å². The first-order valence-electron chi connectivity index (χ1n) is 8.11. The Balaban J connectivity index is 1.88. The van der Waals surface area contributed by atoms with Crippen molar-refractivity contribution in [1.29, 1.82) is 0 Å². The third-order valence-electron chi connectivity index (χ3n) is 4.34. The van der Waals surface area contributed by atoms with Crippen molar-refractivity contribution in [2.75, 3.05) is 0 Å². The second-order valence-corrected chi connectivity index (χ2v) is 5.96. The summed E-state index contributed by atoms with van der Waals surface area (Å²) in [6.45, 7) is 2.02. The SMILES string of the molecule is CCC(Cc1c[nH]c2ccccc12)N=Cc1c(O)n(C)c(=O)[nH]c1=O. The maximum Gasteiger partial charge on any atom is 0.330 e. The number of aliphatic imine (C=N–C) groups is 1. The van der Waals surface area contributed by atoms with Gasteiger partial charge in [-0.05, 0) is 24.5 Å². The lowest BCUT2D eigenvalue weighted by Gasteiger charge is -2.09. The summed E-state index contributed by atoms with van der Waals surface area (Å²) in [5.74, 6) is -0.389. The molecule has 0 radical (unpaired) electrons. The van der Waals surface area contributed by atoms with E-state index in [1.807, 2.05) is 31.3 Å². The molecule has 130 valence electrons. The van der Waals surface area contributed by atoms with E-state index in [9.17, 15) is 14.7 Å². The molecule has 1 aromatic carbocycles. The lowest BCUT2D eigenvalue weighted by Crippen LogP contribution is -2.30. The molecule has 0 amide bonds. The van der Waals surface area contributed by atoms with Gasteiger partial charge in [-0.15, -0.1) is 0 Å². The quantitative estimate of drug-likeness (QED) is 0.616. The third kappa shape index (κ3) is 3.26.